The Morgan fingerprint density at radius 1 is 0.931 bits per heavy atom. The van der Waals surface area contributed by atoms with E-state index < -0.39 is 9.84 Å². The minimum atomic E-state index is -3.41. The van der Waals surface area contributed by atoms with Crippen molar-refractivity contribution in [3.63, 3.8) is 0 Å². The minimum absolute atomic E-state index is 0.0967. The molecule has 29 heavy (non-hydrogen) atoms. The number of hydrogen-bond donors (Lipinski definition) is 1. The molecule has 0 atom stereocenters. The van der Waals surface area contributed by atoms with Crippen LogP contribution in [0.4, 0.5) is 0 Å². The second-order valence-electron chi connectivity index (χ2n) is 6.42. The fraction of sp³-hybridized carbons (Fsp3) is 0.227. The van der Waals surface area contributed by atoms with Gasteiger partial charge >= 0.3 is 0 Å². The molecule has 0 bridgehead atoms. The first-order valence-corrected chi connectivity index (χ1v) is 10.9. The SMILES string of the molecule is COCCS(=O)(=O)c1ccc(C(=O)NCCOc2cccc3ccccc23)cc1. The largest absolute Gasteiger partial charge is 0.491 e. The Bertz CT molecular complexity index is 1070. The molecular weight excluding hydrogens is 390 g/mol. The van der Waals surface area contributed by atoms with Crippen LogP contribution >= 0.6 is 0 Å². The van der Waals surface area contributed by atoms with Gasteiger partial charge in [0.2, 0.25) is 0 Å². The quantitative estimate of drug-likeness (QED) is 0.545. The molecule has 1 amide bonds. The zero-order valence-corrected chi connectivity index (χ0v) is 16.9. The van der Waals surface area contributed by atoms with E-state index >= 15 is 0 Å². The Kier molecular flexibility index (Phi) is 6.85. The number of benzene rings is 3. The summed E-state index contributed by atoms with van der Waals surface area (Å²) in [6.45, 7) is 0.778. The molecule has 7 heteroatoms. The molecular formula is C22H23NO5S. The number of carbonyl (C=O) groups excluding carboxylic acids is 1. The number of carbonyl (C=O) groups is 1. The number of methoxy groups -OCH3 is 1. The van der Waals surface area contributed by atoms with Gasteiger partial charge in [-0.05, 0) is 35.7 Å². The predicted molar refractivity (Wildman–Crippen MR) is 112 cm³/mol. The van der Waals surface area contributed by atoms with E-state index in [9.17, 15) is 13.2 Å². The lowest BCUT2D eigenvalue weighted by Gasteiger charge is -2.10. The molecule has 0 saturated heterocycles. The third-order valence-electron chi connectivity index (χ3n) is 4.43. The predicted octanol–water partition coefficient (Wildman–Crippen LogP) is 3.07. The summed E-state index contributed by atoms with van der Waals surface area (Å²) in [5.41, 5.74) is 0.390. The second-order valence-corrected chi connectivity index (χ2v) is 8.53. The van der Waals surface area contributed by atoms with E-state index in [-0.39, 0.29) is 23.2 Å². The van der Waals surface area contributed by atoms with Crippen molar-refractivity contribution in [1.29, 1.82) is 0 Å². The molecule has 0 heterocycles. The van der Waals surface area contributed by atoms with E-state index in [4.69, 9.17) is 9.47 Å². The molecule has 0 saturated carbocycles. The summed E-state index contributed by atoms with van der Waals surface area (Å²) in [4.78, 5) is 12.4. The highest BCUT2D eigenvalue weighted by atomic mass is 32.2. The number of rotatable bonds is 9. The number of nitrogens with one attached hydrogen (secondary N) is 1. The fourth-order valence-corrected chi connectivity index (χ4v) is 4.05. The Balaban J connectivity index is 1.53. The molecule has 0 aliphatic heterocycles. The van der Waals surface area contributed by atoms with Crippen LogP contribution in [0.5, 0.6) is 5.75 Å². The van der Waals surface area contributed by atoms with Gasteiger partial charge in [-0.3, -0.25) is 4.79 Å². The van der Waals surface area contributed by atoms with Gasteiger partial charge in [0.05, 0.1) is 23.8 Å². The van der Waals surface area contributed by atoms with Gasteiger partial charge in [0.15, 0.2) is 9.84 Å². The zero-order chi connectivity index (χ0) is 20.7. The van der Waals surface area contributed by atoms with Crippen LogP contribution in [-0.4, -0.2) is 46.9 Å². The smallest absolute Gasteiger partial charge is 0.251 e. The molecule has 1 N–H and O–H groups in total. The average molecular weight is 413 g/mol. The third kappa shape index (κ3) is 5.34. The van der Waals surface area contributed by atoms with Crippen LogP contribution < -0.4 is 10.1 Å². The molecule has 0 fully saturated rings. The van der Waals surface area contributed by atoms with Crippen molar-refractivity contribution in [2.24, 2.45) is 0 Å². The van der Waals surface area contributed by atoms with E-state index in [2.05, 4.69) is 5.32 Å². The van der Waals surface area contributed by atoms with Crippen molar-refractivity contribution in [2.45, 2.75) is 4.90 Å². The summed E-state index contributed by atoms with van der Waals surface area (Å²) in [6, 6.07) is 19.7. The number of ether oxygens (including phenoxy) is 2. The van der Waals surface area contributed by atoms with E-state index in [0.29, 0.717) is 18.7 Å². The van der Waals surface area contributed by atoms with Crippen LogP contribution in [0.15, 0.2) is 71.6 Å². The maximum atomic E-state index is 12.3. The van der Waals surface area contributed by atoms with Gasteiger partial charge < -0.3 is 14.8 Å². The second kappa shape index (κ2) is 9.54. The normalized spacial score (nSPS) is 11.3. The van der Waals surface area contributed by atoms with Gasteiger partial charge in [-0.25, -0.2) is 8.42 Å². The zero-order valence-electron chi connectivity index (χ0n) is 16.1. The van der Waals surface area contributed by atoms with Crippen molar-refractivity contribution < 1.29 is 22.7 Å². The summed E-state index contributed by atoms with van der Waals surface area (Å²) in [7, 11) is -1.96. The van der Waals surface area contributed by atoms with Crippen molar-refractivity contribution in [3.05, 3.63) is 72.3 Å². The molecule has 0 aliphatic carbocycles. The molecule has 0 unspecified atom stereocenters. The van der Waals surface area contributed by atoms with Gasteiger partial charge in [-0.15, -0.1) is 0 Å². The number of sulfone groups is 1. The summed E-state index contributed by atoms with van der Waals surface area (Å²) < 4.78 is 34.8. The van der Waals surface area contributed by atoms with Gasteiger partial charge in [0.25, 0.3) is 5.91 Å². The molecule has 0 aliphatic rings. The van der Waals surface area contributed by atoms with Crippen molar-refractivity contribution in [2.75, 3.05) is 32.6 Å². The first kappa shape index (κ1) is 20.8. The van der Waals surface area contributed by atoms with E-state index in [1.54, 1.807) is 0 Å². The van der Waals surface area contributed by atoms with Crippen LogP contribution in [0.25, 0.3) is 10.8 Å². The van der Waals surface area contributed by atoms with Gasteiger partial charge in [0.1, 0.15) is 12.4 Å². The molecule has 3 rings (SSSR count). The molecule has 3 aromatic rings. The molecule has 0 radical (unpaired) electrons. The first-order valence-electron chi connectivity index (χ1n) is 9.22. The lowest BCUT2D eigenvalue weighted by Crippen LogP contribution is -2.28. The molecule has 3 aromatic carbocycles. The Hall–Kier alpha value is -2.90. The van der Waals surface area contributed by atoms with Crippen LogP contribution in [0.1, 0.15) is 10.4 Å². The number of hydrogen-bond acceptors (Lipinski definition) is 5. The average Bonchev–Trinajstić information content (AvgIpc) is 2.75. The first-order chi connectivity index (χ1) is 14.0. The van der Waals surface area contributed by atoms with Crippen LogP contribution in [0.2, 0.25) is 0 Å². The summed E-state index contributed by atoms with van der Waals surface area (Å²) in [5, 5.41) is 4.89. The lowest BCUT2D eigenvalue weighted by molar-refractivity contribution is 0.0947. The minimum Gasteiger partial charge on any atom is -0.491 e. The van der Waals surface area contributed by atoms with Crippen LogP contribution in [0.3, 0.4) is 0 Å². The summed E-state index contributed by atoms with van der Waals surface area (Å²) in [6.07, 6.45) is 0. The van der Waals surface area contributed by atoms with E-state index in [1.807, 2.05) is 42.5 Å². The molecule has 6 nitrogen and oxygen atoms in total. The maximum absolute atomic E-state index is 12.3. The topological polar surface area (TPSA) is 81.7 Å². The lowest BCUT2D eigenvalue weighted by atomic mass is 10.1. The fourth-order valence-electron chi connectivity index (χ4n) is 2.87. The molecule has 152 valence electrons. The monoisotopic (exact) mass is 413 g/mol. The maximum Gasteiger partial charge on any atom is 0.251 e. The summed E-state index contributed by atoms with van der Waals surface area (Å²) in [5.74, 6) is 0.385. The van der Waals surface area contributed by atoms with E-state index in [0.717, 1.165) is 16.5 Å². The molecule has 0 aromatic heterocycles. The highest BCUT2D eigenvalue weighted by molar-refractivity contribution is 7.91. The highest BCUT2D eigenvalue weighted by Gasteiger charge is 2.15. The van der Waals surface area contributed by atoms with Gasteiger partial charge in [-0.1, -0.05) is 36.4 Å². The van der Waals surface area contributed by atoms with Crippen molar-refractivity contribution >= 4 is 26.5 Å². The summed E-state index contributed by atoms with van der Waals surface area (Å²) >= 11 is 0. The highest BCUT2D eigenvalue weighted by Crippen LogP contribution is 2.24. The van der Waals surface area contributed by atoms with Gasteiger partial charge in [0, 0.05) is 18.1 Å². The van der Waals surface area contributed by atoms with Gasteiger partial charge in [-0.2, -0.15) is 0 Å². The number of amides is 1. The third-order valence-corrected chi connectivity index (χ3v) is 6.12. The standard InChI is InChI=1S/C22H23NO5S/c1-27-15-16-29(25,26)19-11-9-18(10-12-19)22(24)23-13-14-28-21-8-4-6-17-5-2-3-7-20(17)21/h2-12H,13-16H2,1H3,(H,23,24). The van der Waals surface area contributed by atoms with Crippen LogP contribution in [-0.2, 0) is 14.6 Å². The Labute approximate surface area is 170 Å². The van der Waals surface area contributed by atoms with Crippen molar-refractivity contribution in [3.8, 4) is 5.75 Å². The Morgan fingerprint density at radius 2 is 1.66 bits per heavy atom. The van der Waals surface area contributed by atoms with E-state index in [1.165, 1.54) is 31.4 Å². The number of fused-ring (bicyclic) bond motifs is 1. The Morgan fingerprint density at radius 3 is 2.41 bits per heavy atom. The molecule has 0 spiro atoms. The van der Waals surface area contributed by atoms with Crippen LogP contribution in [0, 0.1) is 0 Å². The van der Waals surface area contributed by atoms with Crippen molar-refractivity contribution in [1.82, 2.24) is 5.32 Å².